The number of benzene rings is 1. The highest BCUT2D eigenvalue weighted by Gasteiger charge is 2.07. The van der Waals surface area contributed by atoms with Gasteiger partial charge in [0.15, 0.2) is 0 Å². The summed E-state index contributed by atoms with van der Waals surface area (Å²) in [5.41, 5.74) is 0.879. The maximum atomic E-state index is 10.4. The van der Waals surface area contributed by atoms with Crippen LogP contribution in [0.3, 0.4) is 0 Å². The van der Waals surface area contributed by atoms with Gasteiger partial charge in [-0.2, -0.15) is 0 Å². The van der Waals surface area contributed by atoms with Crippen molar-refractivity contribution in [3.63, 3.8) is 0 Å². The third-order valence-corrected chi connectivity index (χ3v) is 3.16. The van der Waals surface area contributed by atoms with Crippen molar-refractivity contribution in [2.24, 2.45) is 0 Å². The molecule has 19 heavy (non-hydrogen) atoms. The molecule has 0 aromatic heterocycles. The highest BCUT2D eigenvalue weighted by Crippen LogP contribution is 2.33. The lowest BCUT2D eigenvalue weighted by Crippen LogP contribution is -1.98. The third-order valence-electron chi connectivity index (χ3n) is 2.11. The van der Waals surface area contributed by atoms with E-state index in [2.05, 4.69) is 31.9 Å². The van der Waals surface area contributed by atoms with Crippen molar-refractivity contribution >= 4 is 43.9 Å². The lowest BCUT2D eigenvalue weighted by Gasteiger charge is -2.11. The number of carbonyl (C=O) groups is 1. The molecule has 0 bridgehead atoms. The van der Waals surface area contributed by atoms with Crippen LogP contribution in [0.25, 0.3) is 6.08 Å². The van der Waals surface area contributed by atoms with Gasteiger partial charge in [0.25, 0.3) is 0 Å². The van der Waals surface area contributed by atoms with E-state index in [0.29, 0.717) is 6.61 Å². The van der Waals surface area contributed by atoms with Gasteiger partial charge in [-0.15, -0.1) is 0 Å². The van der Waals surface area contributed by atoms with E-state index in [1.807, 2.05) is 19.1 Å². The van der Waals surface area contributed by atoms with Gasteiger partial charge in [-0.25, -0.2) is 4.79 Å². The second-order valence-corrected chi connectivity index (χ2v) is 5.48. The van der Waals surface area contributed by atoms with Crippen LogP contribution in [0.2, 0.25) is 0 Å². The molecule has 0 radical (unpaired) electrons. The molecule has 0 aliphatic heterocycles. The maximum absolute atomic E-state index is 10.4. The zero-order valence-electron chi connectivity index (χ0n) is 10.4. The summed E-state index contributed by atoms with van der Waals surface area (Å²) in [6, 6.07) is 3.83. The number of rotatable bonds is 6. The average Bonchev–Trinajstić information content (AvgIpc) is 2.33. The summed E-state index contributed by atoms with van der Waals surface area (Å²) in [5.74, 6) is -0.215. The molecule has 102 valence electrons. The van der Waals surface area contributed by atoms with Crippen LogP contribution in [0.15, 0.2) is 39.3 Å². The lowest BCUT2D eigenvalue weighted by molar-refractivity contribution is -0.131. The summed E-state index contributed by atoms with van der Waals surface area (Å²) < 4.78 is 7.47. The predicted molar refractivity (Wildman–Crippen MR) is 83.4 cm³/mol. The molecule has 5 heteroatoms. The molecule has 0 fully saturated rings. The Kier molecular flexibility index (Phi) is 6.87. The van der Waals surface area contributed by atoms with Crippen LogP contribution >= 0.6 is 31.9 Å². The molecule has 1 aromatic rings. The van der Waals surface area contributed by atoms with Crippen molar-refractivity contribution in [2.45, 2.75) is 13.3 Å². The number of halogens is 2. The summed E-state index contributed by atoms with van der Waals surface area (Å²) in [6.45, 7) is 2.67. The Bertz CT molecular complexity index is 508. The first kappa shape index (κ1) is 16.0. The first-order valence-electron chi connectivity index (χ1n) is 5.74. The van der Waals surface area contributed by atoms with Gasteiger partial charge in [-0.3, -0.25) is 0 Å². The van der Waals surface area contributed by atoms with Crippen LogP contribution in [-0.4, -0.2) is 17.7 Å². The third kappa shape index (κ3) is 5.61. The molecule has 0 heterocycles. The van der Waals surface area contributed by atoms with Gasteiger partial charge in [0.2, 0.25) is 0 Å². The fourth-order valence-corrected chi connectivity index (χ4v) is 2.73. The fourth-order valence-electron chi connectivity index (χ4n) is 1.36. The molecule has 0 aliphatic rings. The van der Waals surface area contributed by atoms with Crippen molar-refractivity contribution in [3.05, 3.63) is 44.9 Å². The van der Waals surface area contributed by atoms with Crippen LogP contribution in [0.5, 0.6) is 5.75 Å². The van der Waals surface area contributed by atoms with Gasteiger partial charge < -0.3 is 9.84 Å². The van der Waals surface area contributed by atoms with Crippen LogP contribution < -0.4 is 4.74 Å². The zero-order valence-corrected chi connectivity index (χ0v) is 13.6. The van der Waals surface area contributed by atoms with Gasteiger partial charge in [0.05, 0.1) is 11.1 Å². The van der Waals surface area contributed by atoms with Gasteiger partial charge in [0.1, 0.15) is 5.75 Å². The maximum Gasteiger partial charge on any atom is 0.328 e. The molecule has 3 nitrogen and oxygen atoms in total. The molecule has 0 atom stereocenters. The number of carboxylic acid groups (broad SMARTS) is 1. The number of carboxylic acids is 1. The predicted octanol–water partition coefficient (Wildman–Crippen LogP) is 4.65. The summed E-state index contributed by atoms with van der Waals surface area (Å²) in [4.78, 5) is 10.4. The van der Waals surface area contributed by atoms with E-state index >= 15 is 0 Å². The first-order chi connectivity index (χ1) is 9.04. The largest absolute Gasteiger partial charge is 0.492 e. The summed E-state index contributed by atoms with van der Waals surface area (Å²) in [5, 5.41) is 8.51. The summed E-state index contributed by atoms with van der Waals surface area (Å²) in [6.07, 6.45) is 6.95. The van der Waals surface area contributed by atoms with Crippen LogP contribution in [0.1, 0.15) is 18.9 Å². The normalized spacial score (nSPS) is 11.3. The lowest BCUT2D eigenvalue weighted by atomic mass is 10.2. The average molecular weight is 390 g/mol. The van der Waals surface area contributed by atoms with Crippen molar-refractivity contribution in [1.29, 1.82) is 0 Å². The molecule has 0 saturated heterocycles. The quantitative estimate of drug-likeness (QED) is 0.568. The molecule has 0 amide bonds. The van der Waals surface area contributed by atoms with E-state index in [-0.39, 0.29) is 0 Å². The van der Waals surface area contributed by atoms with Crippen LogP contribution in [0.4, 0.5) is 0 Å². The van der Waals surface area contributed by atoms with Crippen LogP contribution in [-0.2, 0) is 4.79 Å². The molecule has 0 spiro atoms. The van der Waals surface area contributed by atoms with Gasteiger partial charge in [-0.1, -0.05) is 41.1 Å². The summed E-state index contributed by atoms with van der Waals surface area (Å²) >= 11 is 6.88. The summed E-state index contributed by atoms with van der Waals surface area (Å²) in [7, 11) is 0. The SMILES string of the molecule is CCCOc1c(Br)cc(Br)cc1C=CC=CC(=O)O. The number of allylic oxidation sites excluding steroid dienone is 2. The number of aliphatic carboxylic acids is 1. The molecule has 1 N–H and O–H groups in total. The Hall–Kier alpha value is -1.07. The van der Waals surface area contributed by atoms with Crippen molar-refractivity contribution in [2.75, 3.05) is 6.61 Å². The van der Waals surface area contributed by atoms with E-state index in [1.54, 1.807) is 12.2 Å². The molecule has 1 rings (SSSR count). The second-order valence-electron chi connectivity index (χ2n) is 3.71. The van der Waals surface area contributed by atoms with Gasteiger partial charge in [0, 0.05) is 16.1 Å². The fraction of sp³-hybridized carbons (Fsp3) is 0.214. The van der Waals surface area contributed by atoms with E-state index < -0.39 is 5.97 Å². The Labute approximate surface area is 129 Å². The van der Waals surface area contributed by atoms with E-state index in [1.165, 1.54) is 6.08 Å². The van der Waals surface area contributed by atoms with Gasteiger partial charge >= 0.3 is 5.97 Å². The molecule has 0 saturated carbocycles. The number of ether oxygens (including phenoxy) is 1. The molecular weight excluding hydrogens is 376 g/mol. The van der Waals surface area contributed by atoms with Crippen molar-refractivity contribution < 1.29 is 14.6 Å². The minimum atomic E-state index is -0.970. The van der Waals surface area contributed by atoms with Crippen molar-refractivity contribution in [3.8, 4) is 5.75 Å². The number of hydrogen-bond donors (Lipinski definition) is 1. The van der Waals surface area contributed by atoms with Crippen LogP contribution in [0, 0.1) is 0 Å². The molecule has 0 unspecified atom stereocenters. The molecular formula is C14H14Br2O3. The minimum absolute atomic E-state index is 0.631. The highest BCUT2D eigenvalue weighted by molar-refractivity contribution is 9.11. The first-order valence-corrected chi connectivity index (χ1v) is 7.32. The number of hydrogen-bond acceptors (Lipinski definition) is 2. The van der Waals surface area contributed by atoms with E-state index in [9.17, 15) is 4.79 Å². The monoisotopic (exact) mass is 388 g/mol. The Morgan fingerprint density at radius 1 is 1.37 bits per heavy atom. The highest BCUT2D eigenvalue weighted by atomic mass is 79.9. The van der Waals surface area contributed by atoms with Crippen molar-refractivity contribution in [1.82, 2.24) is 0 Å². The topological polar surface area (TPSA) is 46.5 Å². The minimum Gasteiger partial charge on any atom is -0.492 e. The molecule has 1 aromatic carbocycles. The van der Waals surface area contributed by atoms with Gasteiger partial charge in [-0.05, 0) is 34.5 Å². The van der Waals surface area contributed by atoms with E-state index in [4.69, 9.17) is 9.84 Å². The Morgan fingerprint density at radius 3 is 2.74 bits per heavy atom. The standard InChI is InChI=1S/C14H14Br2O3/c1-2-7-19-14-10(5-3-4-6-13(17)18)8-11(15)9-12(14)16/h3-6,8-9H,2,7H2,1H3,(H,17,18). The Morgan fingerprint density at radius 2 is 2.11 bits per heavy atom. The Balaban J connectivity index is 2.99. The smallest absolute Gasteiger partial charge is 0.328 e. The zero-order chi connectivity index (χ0) is 14.3. The van der Waals surface area contributed by atoms with E-state index in [0.717, 1.165) is 32.8 Å². The second kappa shape index (κ2) is 8.17. The molecule has 0 aliphatic carbocycles.